The van der Waals surface area contributed by atoms with Crippen LogP contribution in [0, 0.1) is 0 Å². The lowest BCUT2D eigenvalue weighted by Crippen LogP contribution is -2.66. The maximum Gasteiger partial charge on any atom is 0.530 e. The van der Waals surface area contributed by atoms with E-state index >= 15 is 0 Å². The summed E-state index contributed by atoms with van der Waals surface area (Å²) in [4.78, 5) is 0. The molecule has 0 bridgehead atoms. The van der Waals surface area contributed by atoms with Gasteiger partial charge in [-0.25, -0.2) is 8.96 Å². The minimum absolute atomic E-state index is 0.706. The number of alkyl halides is 11. The van der Waals surface area contributed by atoms with E-state index in [2.05, 4.69) is 22.6 Å². The fourth-order valence-corrected chi connectivity index (χ4v) is 5.24. The maximum absolute atomic E-state index is 14.8. The summed E-state index contributed by atoms with van der Waals surface area (Å²) >= 11 is 0. The first-order valence-electron chi connectivity index (χ1n) is 9.46. The number of halogens is 12. The highest BCUT2D eigenvalue weighted by molar-refractivity contribution is 7.59. The summed E-state index contributed by atoms with van der Waals surface area (Å²) in [5, 5.41) is 0. The Balaban J connectivity index is 7.38. The summed E-state index contributed by atoms with van der Waals surface area (Å²) in [6.45, 7) is 0.742. The van der Waals surface area contributed by atoms with Gasteiger partial charge in [0.15, 0.2) is 0 Å². The van der Waals surface area contributed by atoms with Crippen molar-refractivity contribution >= 4 is 15.4 Å². The predicted molar refractivity (Wildman–Crippen MR) is 96.8 cm³/mol. The molecule has 0 amide bonds. The van der Waals surface area contributed by atoms with Crippen LogP contribution in [0.5, 0.6) is 0 Å². The van der Waals surface area contributed by atoms with Gasteiger partial charge in [0.2, 0.25) is 5.83 Å². The second-order valence-corrected chi connectivity index (χ2v) is 9.63. The molecule has 0 rings (SSSR count). The molecule has 0 aromatic rings. The second kappa shape index (κ2) is 11.8. The molecule has 0 aliphatic heterocycles. The molecule has 0 N–H and O–H groups in total. The van der Waals surface area contributed by atoms with Crippen molar-refractivity contribution in [1.29, 1.82) is 0 Å². The lowest BCUT2D eigenvalue weighted by Gasteiger charge is -2.37. The van der Waals surface area contributed by atoms with Crippen molar-refractivity contribution in [3.05, 3.63) is 11.3 Å². The predicted octanol–water partition coefficient (Wildman–Crippen LogP) is 7.69. The molecule has 0 radical (unpaired) electrons. The number of rotatable bonds is 15. The Morgan fingerprint density at radius 2 is 0.972 bits per heavy atom. The van der Waals surface area contributed by atoms with Crippen LogP contribution >= 0.6 is 15.4 Å². The second-order valence-electron chi connectivity index (χ2n) is 6.12. The standard InChI is InChI=1S/C15H20F12O7P2/c1-5-30-35(28,31-6-2)10(34-36(29,32-7-3)33-8-4)9(16)11(17,18)12(19,20)13(21,22)14(23,24)15(25,26)27/h5-8H2,1-4H3/b10-9+. The molecule has 216 valence electrons. The Hall–Kier alpha value is -1.00. The van der Waals surface area contributed by atoms with Crippen molar-refractivity contribution < 1.29 is 84.4 Å². The highest BCUT2D eigenvalue weighted by Crippen LogP contribution is 2.67. The van der Waals surface area contributed by atoms with Gasteiger partial charge in [-0.2, -0.15) is 48.3 Å². The van der Waals surface area contributed by atoms with Crippen LogP contribution in [-0.2, 0) is 31.7 Å². The van der Waals surface area contributed by atoms with E-state index in [9.17, 15) is 61.8 Å². The SMILES string of the molecule is CCOP(=O)(OCC)O/C(=C(\F)C(F)(F)C(F)(F)C(F)(F)C(F)(F)C(F)(F)F)P(=O)(OCC)OCC. The molecule has 0 saturated heterocycles. The van der Waals surface area contributed by atoms with Crippen LogP contribution < -0.4 is 0 Å². The molecule has 0 fully saturated rings. The van der Waals surface area contributed by atoms with Gasteiger partial charge in [-0.15, -0.1) is 0 Å². The van der Waals surface area contributed by atoms with Gasteiger partial charge in [0.05, 0.1) is 26.4 Å². The third-order valence-corrected chi connectivity index (χ3v) is 7.30. The van der Waals surface area contributed by atoms with Crippen molar-refractivity contribution in [3.63, 3.8) is 0 Å². The average Bonchev–Trinajstić information content (AvgIpc) is 2.71. The first-order chi connectivity index (χ1) is 16.0. The highest BCUT2D eigenvalue weighted by Gasteiger charge is 2.88. The Morgan fingerprint density at radius 3 is 1.28 bits per heavy atom. The monoisotopic (exact) mass is 602 g/mol. The maximum atomic E-state index is 14.8. The van der Waals surface area contributed by atoms with Crippen LogP contribution in [0.4, 0.5) is 52.7 Å². The number of hydrogen-bond acceptors (Lipinski definition) is 7. The third kappa shape index (κ3) is 6.52. The molecular weight excluding hydrogens is 582 g/mol. The van der Waals surface area contributed by atoms with Gasteiger partial charge in [0.1, 0.15) is 0 Å². The molecule has 0 atom stereocenters. The van der Waals surface area contributed by atoms with Gasteiger partial charge in [-0.3, -0.25) is 13.6 Å². The molecule has 0 saturated carbocycles. The van der Waals surface area contributed by atoms with Gasteiger partial charge in [0, 0.05) is 0 Å². The fourth-order valence-electron chi connectivity index (χ4n) is 2.06. The fraction of sp³-hybridized carbons (Fsp3) is 0.867. The number of hydrogen-bond donors (Lipinski definition) is 0. The van der Waals surface area contributed by atoms with Crippen molar-refractivity contribution in [2.75, 3.05) is 26.4 Å². The van der Waals surface area contributed by atoms with Crippen LogP contribution in [0.25, 0.3) is 0 Å². The number of allylic oxidation sites excluding steroid dienone is 1. The molecule has 0 aromatic carbocycles. The van der Waals surface area contributed by atoms with Crippen LogP contribution in [0.3, 0.4) is 0 Å². The highest BCUT2D eigenvalue weighted by atomic mass is 31.2. The summed E-state index contributed by atoms with van der Waals surface area (Å²) in [5.41, 5.74) is -2.85. The van der Waals surface area contributed by atoms with E-state index in [-0.39, 0.29) is 0 Å². The summed E-state index contributed by atoms with van der Waals surface area (Å²) < 4.78 is 209. The van der Waals surface area contributed by atoms with E-state index < -0.39 is 83.0 Å². The van der Waals surface area contributed by atoms with Crippen molar-refractivity contribution in [3.8, 4) is 0 Å². The molecule has 36 heavy (non-hydrogen) atoms. The lowest BCUT2D eigenvalue weighted by atomic mass is 9.97. The molecule has 21 heteroatoms. The first kappa shape index (κ1) is 35.0. The topological polar surface area (TPSA) is 80.3 Å². The minimum atomic E-state index is -8.01. The van der Waals surface area contributed by atoms with Crippen LogP contribution in [0.15, 0.2) is 11.3 Å². The molecule has 0 aromatic heterocycles. The summed E-state index contributed by atoms with van der Waals surface area (Å²) in [7, 11) is -11.3. The van der Waals surface area contributed by atoms with Gasteiger partial charge in [-0.05, 0) is 27.7 Å². The Labute approximate surface area is 196 Å². The molecule has 7 nitrogen and oxygen atoms in total. The Bertz CT molecular complexity index is 855. The largest absolute Gasteiger partial charge is 0.530 e. The van der Waals surface area contributed by atoms with Gasteiger partial charge >= 0.3 is 45.3 Å². The first-order valence-corrected chi connectivity index (χ1v) is 12.5. The zero-order valence-electron chi connectivity index (χ0n) is 18.6. The molecule has 0 aliphatic carbocycles. The smallest absolute Gasteiger partial charge is 0.392 e. The Morgan fingerprint density at radius 1 is 0.611 bits per heavy atom. The van der Waals surface area contributed by atoms with Gasteiger partial charge < -0.3 is 13.6 Å². The Kier molecular flexibility index (Phi) is 11.5. The summed E-state index contributed by atoms with van der Waals surface area (Å²) in [6, 6.07) is 0. The molecule has 0 unspecified atom stereocenters. The van der Waals surface area contributed by atoms with E-state index in [0.29, 0.717) is 0 Å². The van der Waals surface area contributed by atoms with Crippen LogP contribution in [0.2, 0.25) is 0 Å². The van der Waals surface area contributed by atoms with Crippen molar-refractivity contribution in [1.82, 2.24) is 0 Å². The van der Waals surface area contributed by atoms with Crippen LogP contribution in [0.1, 0.15) is 27.7 Å². The van der Waals surface area contributed by atoms with Gasteiger partial charge in [-0.1, -0.05) is 0 Å². The number of phosphoric ester groups is 1. The van der Waals surface area contributed by atoms with Crippen LogP contribution in [-0.4, -0.2) is 56.3 Å². The molecular formula is C15H20F12O7P2. The normalized spacial score (nSPS) is 15.7. The summed E-state index contributed by atoms with van der Waals surface area (Å²) in [5.74, 6) is -35.2. The zero-order valence-corrected chi connectivity index (χ0v) is 20.4. The van der Waals surface area contributed by atoms with E-state index in [0.717, 1.165) is 27.7 Å². The van der Waals surface area contributed by atoms with E-state index in [1.807, 2.05) is 0 Å². The van der Waals surface area contributed by atoms with E-state index in [1.165, 1.54) is 0 Å². The summed E-state index contributed by atoms with van der Waals surface area (Å²) in [6.07, 6.45) is -7.51. The zero-order chi connectivity index (χ0) is 29.0. The lowest BCUT2D eigenvalue weighted by molar-refractivity contribution is -0.419. The quantitative estimate of drug-likeness (QED) is 0.108. The van der Waals surface area contributed by atoms with E-state index in [1.54, 1.807) is 0 Å². The van der Waals surface area contributed by atoms with Crippen molar-refractivity contribution in [2.24, 2.45) is 0 Å². The molecule has 0 aliphatic rings. The van der Waals surface area contributed by atoms with E-state index in [4.69, 9.17) is 0 Å². The molecule has 0 heterocycles. The minimum Gasteiger partial charge on any atom is -0.392 e. The number of phosphoric acid groups is 1. The average molecular weight is 602 g/mol. The molecule has 0 spiro atoms. The van der Waals surface area contributed by atoms with Gasteiger partial charge in [0.25, 0.3) is 5.50 Å². The third-order valence-electron chi connectivity index (χ3n) is 3.62. The van der Waals surface area contributed by atoms with Crippen molar-refractivity contribution in [2.45, 2.75) is 57.6 Å².